The largest absolute Gasteiger partial charge is 0.481 e. The van der Waals surface area contributed by atoms with Crippen molar-refractivity contribution in [3.8, 4) is 0 Å². The molecule has 0 aromatic carbocycles. The van der Waals surface area contributed by atoms with Crippen LogP contribution in [-0.4, -0.2) is 59.3 Å². The number of ether oxygens (including phenoxy) is 2. The highest BCUT2D eigenvalue weighted by molar-refractivity contribution is 5.67. The van der Waals surface area contributed by atoms with Crippen molar-refractivity contribution in [3.05, 3.63) is 47.6 Å². The molecule has 0 aromatic rings. The molecule has 1 aliphatic carbocycles. The summed E-state index contributed by atoms with van der Waals surface area (Å²) >= 11 is 0. The molecule has 2 heterocycles. The number of allylic oxidation sites excluding steroid dienone is 4. The van der Waals surface area contributed by atoms with Gasteiger partial charge in [-0.2, -0.15) is 0 Å². The molecular formula is C30H47NO5. The third kappa shape index (κ3) is 7.64. The van der Waals surface area contributed by atoms with Crippen LogP contribution in [0.1, 0.15) is 67.2 Å². The van der Waals surface area contributed by atoms with Crippen LogP contribution in [0.25, 0.3) is 0 Å². The van der Waals surface area contributed by atoms with Gasteiger partial charge < -0.3 is 25.0 Å². The van der Waals surface area contributed by atoms with Gasteiger partial charge in [-0.15, -0.1) is 0 Å². The van der Waals surface area contributed by atoms with Crippen LogP contribution in [0.2, 0.25) is 0 Å². The van der Waals surface area contributed by atoms with Crippen molar-refractivity contribution < 1.29 is 24.5 Å². The fraction of sp³-hybridized carbons (Fsp3) is 0.700. The Hall–Kier alpha value is -1.73. The molecule has 3 N–H and O–H groups in total. The summed E-state index contributed by atoms with van der Waals surface area (Å²) in [7, 11) is 0. The van der Waals surface area contributed by atoms with Crippen LogP contribution < -0.4 is 5.32 Å². The summed E-state index contributed by atoms with van der Waals surface area (Å²) in [5, 5.41) is 23.2. The molecule has 1 saturated heterocycles. The second-order valence-corrected chi connectivity index (χ2v) is 11.0. The Labute approximate surface area is 217 Å². The monoisotopic (exact) mass is 501 g/mol. The van der Waals surface area contributed by atoms with E-state index in [1.165, 1.54) is 11.1 Å². The predicted octanol–water partition coefficient (Wildman–Crippen LogP) is 5.05. The molecule has 0 unspecified atom stereocenters. The van der Waals surface area contributed by atoms with E-state index in [9.17, 15) is 15.0 Å². The normalized spacial score (nSPS) is 38.4. The first-order valence-corrected chi connectivity index (χ1v) is 13.8. The minimum atomic E-state index is -0.874. The molecule has 202 valence electrons. The number of aliphatic carboxylic acids is 1. The Morgan fingerprint density at radius 3 is 2.61 bits per heavy atom. The average molecular weight is 502 g/mol. The maximum atomic E-state index is 11.2. The fourth-order valence-electron chi connectivity index (χ4n) is 5.71. The van der Waals surface area contributed by atoms with E-state index in [0.29, 0.717) is 30.1 Å². The predicted molar refractivity (Wildman–Crippen MR) is 144 cm³/mol. The van der Waals surface area contributed by atoms with Gasteiger partial charge in [0.15, 0.2) is 0 Å². The quantitative estimate of drug-likeness (QED) is 0.344. The second-order valence-electron chi connectivity index (χ2n) is 11.0. The van der Waals surface area contributed by atoms with Gasteiger partial charge in [-0.1, -0.05) is 64.2 Å². The summed E-state index contributed by atoms with van der Waals surface area (Å²) in [6.07, 6.45) is 14.6. The molecule has 3 aliphatic rings. The number of hydrogen-bond acceptors (Lipinski definition) is 5. The van der Waals surface area contributed by atoms with Gasteiger partial charge in [-0.05, 0) is 74.5 Å². The molecule has 0 spiro atoms. The Morgan fingerprint density at radius 1 is 1.22 bits per heavy atom. The van der Waals surface area contributed by atoms with Crippen LogP contribution in [0, 0.1) is 23.7 Å². The minimum absolute atomic E-state index is 0.0458. The average Bonchev–Trinajstić information content (AvgIpc) is 3.46. The van der Waals surface area contributed by atoms with Crippen LogP contribution in [0.3, 0.4) is 0 Å². The number of rotatable bonds is 11. The zero-order valence-electron chi connectivity index (χ0n) is 22.9. The van der Waals surface area contributed by atoms with E-state index in [1.807, 2.05) is 13.0 Å². The highest BCUT2D eigenvalue weighted by Gasteiger charge is 2.43. The van der Waals surface area contributed by atoms with E-state index in [2.05, 4.69) is 70.3 Å². The molecule has 0 aromatic heterocycles. The molecule has 0 radical (unpaired) electrons. The topological polar surface area (TPSA) is 88.0 Å². The molecule has 0 bridgehead atoms. The number of hydrogen-bond donors (Lipinski definition) is 3. The zero-order chi connectivity index (χ0) is 26.4. The first-order valence-electron chi connectivity index (χ1n) is 13.8. The lowest BCUT2D eigenvalue weighted by molar-refractivity contribution is -0.149. The smallest absolute Gasteiger partial charge is 0.305 e. The number of aliphatic hydroxyl groups excluding tert-OH is 1. The molecule has 6 nitrogen and oxygen atoms in total. The summed E-state index contributed by atoms with van der Waals surface area (Å²) in [5.41, 5.74) is 2.64. The van der Waals surface area contributed by atoms with Gasteiger partial charge in [0.1, 0.15) is 6.10 Å². The van der Waals surface area contributed by atoms with Crippen molar-refractivity contribution in [1.29, 1.82) is 0 Å². The van der Waals surface area contributed by atoms with E-state index in [1.54, 1.807) is 0 Å². The van der Waals surface area contributed by atoms with Crippen molar-refractivity contribution >= 4 is 5.97 Å². The molecule has 36 heavy (non-hydrogen) atoms. The minimum Gasteiger partial charge on any atom is -0.481 e. The van der Waals surface area contributed by atoms with Crippen LogP contribution in [-0.2, 0) is 14.3 Å². The van der Waals surface area contributed by atoms with E-state index in [0.717, 1.165) is 19.4 Å². The van der Waals surface area contributed by atoms with Crippen LogP contribution >= 0.6 is 0 Å². The standard InChI is InChI=1S/C30H47NO5/c1-7-26-19(4)10-13-27(36-26)20(5)15-18(3)9-11-23-21(6)24(23)12-14-28-30(34)25(31-8-2)16-22(35-28)17-29(32)33/h9-12,14-15,18,21-28,30-31,34H,7-8,13,16-17H2,1-6H3,(H,32,33)/b11-9+,14-12+,20-15+/t18-,21-,22+,23+,24+,25+,26-,27-,28+,30-/m1/s1. The molecular weight excluding hydrogens is 454 g/mol. The highest BCUT2D eigenvalue weighted by Crippen LogP contribution is 2.48. The summed E-state index contributed by atoms with van der Waals surface area (Å²) in [6, 6.07) is -0.161. The Kier molecular flexibility index (Phi) is 10.6. The fourth-order valence-corrected chi connectivity index (χ4v) is 5.71. The second kappa shape index (κ2) is 13.2. The van der Waals surface area contributed by atoms with Crippen molar-refractivity contribution in [1.82, 2.24) is 5.32 Å². The molecule has 2 aliphatic heterocycles. The maximum Gasteiger partial charge on any atom is 0.305 e. The number of nitrogens with one attached hydrogen (secondary N) is 1. The van der Waals surface area contributed by atoms with E-state index < -0.39 is 24.3 Å². The van der Waals surface area contributed by atoms with Gasteiger partial charge in [0.05, 0.1) is 30.8 Å². The SMILES string of the molecule is CCN[C@H]1C[C@@H](CC(=O)O)O[C@@H](/C=C/[C@H]2[C@H](C)[C@@H]2/C=C/[C@@H](C)/C=C(\C)[C@H]2CC=C(C)[C@@H](CC)O2)[C@@H]1O. The van der Waals surface area contributed by atoms with Crippen molar-refractivity contribution in [2.24, 2.45) is 23.7 Å². The first-order chi connectivity index (χ1) is 17.1. The van der Waals surface area contributed by atoms with Crippen molar-refractivity contribution in [2.45, 2.75) is 104 Å². The van der Waals surface area contributed by atoms with Crippen LogP contribution in [0.5, 0.6) is 0 Å². The molecule has 3 rings (SSSR count). The van der Waals surface area contributed by atoms with E-state index >= 15 is 0 Å². The first kappa shape index (κ1) is 28.8. The molecule has 0 amide bonds. The lowest BCUT2D eigenvalue weighted by Crippen LogP contribution is -2.54. The lowest BCUT2D eigenvalue weighted by Gasteiger charge is -2.38. The number of likely N-dealkylation sites (N-methyl/N-ethyl adjacent to an activating group) is 1. The third-order valence-corrected chi connectivity index (χ3v) is 8.06. The van der Waals surface area contributed by atoms with Crippen molar-refractivity contribution in [2.75, 3.05) is 6.54 Å². The van der Waals surface area contributed by atoms with Gasteiger partial charge in [-0.25, -0.2) is 0 Å². The molecule has 1 saturated carbocycles. The summed E-state index contributed by atoms with van der Waals surface area (Å²) in [6.45, 7) is 13.7. The summed E-state index contributed by atoms with van der Waals surface area (Å²) < 4.78 is 12.3. The van der Waals surface area contributed by atoms with Gasteiger partial charge >= 0.3 is 5.97 Å². The lowest BCUT2D eigenvalue weighted by atomic mass is 9.93. The Balaban J connectivity index is 1.55. The zero-order valence-corrected chi connectivity index (χ0v) is 22.9. The number of carbonyl (C=O) groups is 1. The Bertz CT molecular complexity index is 861. The summed E-state index contributed by atoms with van der Waals surface area (Å²) in [5.74, 6) is 0.875. The van der Waals surface area contributed by atoms with Gasteiger partial charge in [0.25, 0.3) is 0 Å². The van der Waals surface area contributed by atoms with Crippen LogP contribution in [0.15, 0.2) is 47.6 Å². The van der Waals surface area contributed by atoms with E-state index in [4.69, 9.17) is 9.47 Å². The maximum absolute atomic E-state index is 11.2. The van der Waals surface area contributed by atoms with E-state index in [-0.39, 0.29) is 24.7 Å². The highest BCUT2D eigenvalue weighted by atomic mass is 16.5. The third-order valence-electron chi connectivity index (χ3n) is 8.06. The number of carboxylic acids is 1. The molecule has 2 fully saturated rings. The Morgan fingerprint density at radius 2 is 1.94 bits per heavy atom. The van der Waals surface area contributed by atoms with Gasteiger partial charge in [0, 0.05) is 6.04 Å². The molecule has 10 atom stereocenters. The molecule has 6 heteroatoms. The van der Waals surface area contributed by atoms with Gasteiger partial charge in [-0.3, -0.25) is 4.79 Å². The summed E-state index contributed by atoms with van der Waals surface area (Å²) in [4.78, 5) is 11.2. The number of aliphatic hydroxyl groups is 1. The number of carboxylic acid groups (broad SMARTS) is 1. The van der Waals surface area contributed by atoms with Crippen LogP contribution in [0.4, 0.5) is 0 Å². The van der Waals surface area contributed by atoms with Gasteiger partial charge in [0.2, 0.25) is 0 Å². The van der Waals surface area contributed by atoms with Crippen molar-refractivity contribution in [3.63, 3.8) is 0 Å².